The van der Waals surface area contributed by atoms with E-state index < -0.39 is 0 Å². The smallest absolute Gasteiger partial charge is 0.0598 e. The number of nitrogens with zero attached hydrogens (tertiary/aromatic N) is 3. The van der Waals surface area contributed by atoms with Crippen LogP contribution >= 0.6 is 0 Å². The average molecular weight is 245 g/mol. The lowest BCUT2D eigenvalue weighted by molar-refractivity contribution is 0.162. The molecule has 1 N–H and O–H groups in total. The van der Waals surface area contributed by atoms with E-state index in [2.05, 4.69) is 10.1 Å². The molecular formula is C14H19N3O. The van der Waals surface area contributed by atoms with Gasteiger partial charge in [0.15, 0.2) is 0 Å². The molecular weight excluding hydrogens is 226 g/mol. The number of hydrogen-bond acceptors (Lipinski definition) is 3. The van der Waals surface area contributed by atoms with Crippen LogP contribution in [0.25, 0.3) is 0 Å². The first-order valence-corrected chi connectivity index (χ1v) is 6.21. The molecule has 4 nitrogen and oxygen atoms in total. The molecule has 2 rings (SSSR count). The van der Waals surface area contributed by atoms with Crippen molar-refractivity contribution in [1.29, 1.82) is 0 Å². The molecule has 0 fully saturated rings. The summed E-state index contributed by atoms with van der Waals surface area (Å²) < 4.78 is 1.84. The Balaban J connectivity index is 1.86. The molecule has 0 bridgehead atoms. The van der Waals surface area contributed by atoms with Gasteiger partial charge in [-0.2, -0.15) is 5.10 Å². The normalized spacial score (nSPS) is 12.6. The van der Waals surface area contributed by atoms with Crippen molar-refractivity contribution in [3.05, 3.63) is 47.5 Å². The zero-order valence-electron chi connectivity index (χ0n) is 10.9. The molecule has 2 aromatic heterocycles. The van der Waals surface area contributed by atoms with Crippen molar-refractivity contribution in [2.45, 2.75) is 32.3 Å². The Hall–Kier alpha value is -1.68. The van der Waals surface area contributed by atoms with Gasteiger partial charge in [-0.1, -0.05) is 0 Å². The highest BCUT2D eigenvalue weighted by Crippen LogP contribution is 2.10. The van der Waals surface area contributed by atoms with Crippen molar-refractivity contribution in [2.24, 2.45) is 7.05 Å². The minimum Gasteiger partial charge on any atom is -0.393 e. The second-order valence-electron chi connectivity index (χ2n) is 4.65. The van der Waals surface area contributed by atoms with Gasteiger partial charge in [0.05, 0.1) is 11.8 Å². The molecule has 2 heterocycles. The molecule has 18 heavy (non-hydrogen) atoms. The molecule has 1 unspecified atom stereocenters. The number of rotatable bonds is 5. The van der Waals surface area contributed by atoms with Gasteiger partial charge in [-0.3, -0.25) is 9.67 Å². The van der Waals surface area contributed by atoms with Crippen molar-refractivity contribution in [3.63, 3.8) is 0 Å². The summed E-state index contributed by atoms with van der Waals surface area (Å²) in [4.78, 5) is 3.98. The lowest BCUT2D eigenvalue weighted by Crippen LogP contribution is -2.14. The number of aromatic nitrogens is 3. The van der Waals surface area contributed by atoms with Crippen LogP contribution in [0.1, 0.15) is 23.4 Å². The number of aryl methyl sites for hydroxylation is 3. The maximum atomic E-state index is 10.0. The summed E-state index contributed by atoms with van der Waals surface area (Å²) in [5.74, 6) is 0. The summed E-state index contributed by atoms with van der Waals surface area (Å²) in [5, 5.41) is 14.3. The zero-order chi connectivity index (χ0) is 13.0. The van der Waals surface area contributed by atoms with Crippen LogP contribution in [0, 0.1) is 6.92 Å². The Morgan fingerprint density at radius 1 is 1.33 bits per heavy atom. The van der Waals surface area contributed by atoms with Crippen LogP contribution in [-0.4, -0.2) is 26.0 Å². The van der Waals surface area contributed by atoms with E-state index in [-0.39, 0.29) is 6.10 Å². The largest absolute Gasteiger partial charge is 0.393 e. The minimum absolute atomic E-state index is 0.326. The van der Waals surface area contributed by atoms with Gasteiger partial charge in [-0.15, -0.1) is 0 Å². The van der Waals surface area contributed by atoms with E-state index in [1.807, 2.05) is 36.9 Å². The molecule has 0 amide bonds. The van der Waals surface area contributed by atoms with Crippen LogP contribution < -0.4 is 0 Å². The third-order valence-corrected chi connectivity index (χ3v) is 3.06. The zero-order valence-corrected chi connectivity index (χ0v) is 10.9. The van der Waals surface area contributed by atoms with Crippen molar-refractivity contribution in [2.75, 3.05) is 0 Å². The molecule has 96 valence electrons. The fourth-order valence-corrected chi connectivity index (χ4v) is 2.08. The quantitative estimate of drug-likeness (QED) is 0.871. The lowest BCUT2D eigenvalue weighted by Gasteiger charge is -2.10. The summed E-state index contributed by atoms with van der Waals surface area (Å²) in [6, 6.07) is 6.00. The van der Waals surface area contributed by atoms with E-state index >= 15 is 0 Å². The average Bonchev–Trinajstić information content (AvgIpc) is 2.67. The fraction of sp³-hybridized carbons (Fsp3) is 0.429. The predicted molar refractivity (Wildman–Crippen MR) is 70.2 cm³/mol. The molecule has 0 aromatic carbocycles. The third kappa shape index (κ3) is 3.40. The number of pyridine rings is 1. The van der Waals surface area contributed by atoms with Gasteiger partial charge in [0.2, 0.25) is 0 Å². The van der Waals surface area contributed by atoms with Gasteiger partial charge in [0.1, 0.15) is 0 Å². The van der Waals surface area contributed by atoms with Crippen LogP contribution in [0.2, 0.25) is 0 Å². The third-order valence-electron chi connectivity index (χ3n) is 3.06. The first kappa shape index (κ1) is 12.8. The van der Waals surface area contributed by atoms with Crippen molar-refractivity contribution in [3.8, 4) is 0 Å². The molecule has 0 aliphatic heterocycles. The predicted octanol–water partition coefficient (Wildman–Crippen LogP) is 1.66. The highest BCUT2D eigenvalue weighted by atomic mass is 16.3. The molecule has 0 aliphatic carbocycles. The van der Waals surface area contributed by atoms with E-state index in [4.69, 9.17) is 0 Å². The first-order valence-electron chi connectivity index (χ1n) is 6.21. The first-order chi connectivity index (χ1) is 8.65. The standard InChI is InChI=1S/C14H19N3O/c1-11-9-13(17(2)16-11)10-14(18)4-3-12-5-7-15-8-6-12/h5-9,14,18H,3-4,10H2,1-2H3. The molecule has 0 spiro atoms. The maximum Gasteiger partial charge on any atom is 0.0598 e. The Bertz CT molecular complexity index is 493. The summed E-state index contributed by atoms with van der Waals surface area (Å²) in [6.07, 6.45) is 5.53. The Morgan fingerprint density at radius 2 is 2.06 bits per heavy atom. The van der Waals surface area contributed by atoms with Crippen LogP contribution in [0.5, 0.6) is 0 Å². The summed E-state index contributed by atoms with van der Waals surface area (Å²) in [6.45, 7) is 1.97. The van der Waals surface area contributed by atoms with Crippen molar-refractivity contribution >= 4 is 0 Å². The molecule has 1 atom stereocenters. The van der Waals surface area contributed by atoms with Gasteiger partial charge >= 0.3 is 0 Å². The van der Waals surface area contributed by atoms with E-state index in [0.717, 1.165) is 24.2 Å². The van der Waals surface area contributed by atoms with Gasteiger partial charge < -0.3 is 5.11 Å². The van der Waals surface area contributed by atoms with Gasteiger partial charge in [-0.05, 0) is 43.5 Å². The van der Waals surface area contributed by atoms with Crippen LogP contribution in [0.3, 0.4) is 0 Å². The van der Waals surface area contributed by atoms with E-state index in [9.17, 15) is 5.11 Å². The van der Waals surface area contributed by atoms with Crippen LogP contribution in [-0.2, 0) is 19.9 Å². The number of aliphatic hydroxyl groups is 1. The van der Waals surface area contributed by atoms with Gasteiger partial charge in [-0.25, -0.2) is 0 Å². The van der Waals surface area contributed by atoms with Crippen molar-refractivity contribution < 1.29 is 5.11 Å². The summed E-state index contributed by atoms with van der Waals surface area (Å²) in [7, 11) is 1.91. The highest BCUT2D eigenvalue weighted by molar-refractivity contribution is 5.11. The van der Waals surface area contributed by atoms with Crippen LogP contribution in [0.4, 0.5) is 0 Å². The van der Waals surface area contributed by atoms with Gasteiger partial charge in [0.25, 0.3) is 0 Å². The molecule has 0 saturated heterocycles. The van der Waals surface area contributed by atoms with E-state index in [0.29, 0.717) is 6.42 Å². The Morgan fingerprint density at radius 3 is 2.67 bits per heavy atom. The van der Waals surface area contributed by atoms with Crippen molar-refractivity contribution in [1.82, 2.24) is 14.8 Å². The number of aliphatic hydroxyl groups excluding tert-OH is 1. The lowest BCUT2D eigenvalue weighted by atomic mass is 10.0. The topological polar surface area (TPSA) is 50.9 Å². The SMILES string of the molecule is Cc1cc(CC(O)CCc2ccncc2)n(C)n1. The molecule has 0 radical (unpaired) electrons. The van der Waals surface area contributed by atoms with E-state index in [1.165, 1.54) is 5.56 Å². The monoisotopic (exact) mass is 245 g/mol. The molecule has 2 aromatic rings. The van der Waals surface area contributed by atoms with Gasteiger partial charge in [0, 0.05) is 31.6 Å². The minimum atomic E-state index is -0.326. The fourth-order valence-electron chi connectivity index (χ4n) is 2.08. The highest BCUT2D eigenvalue weighted by Gasteiger charge is 2.09. The summed E-state index contributed by atoms with van der Waals surface area (Å²) >= 11 is 0. The number of hydrogen-bond donors (Lipinski definition) is 1. The molecule has 0 saturated carbocycles. The second kappa shape index (κ2) is 5.78. The van der Waals surface area contributed by atoms with E-state index in [1.54, 1.807) is 12.4 Å². The molecule has 4 heteroatoms. The molecule has 0 aliphatic rings. The van der Waals surface area contributed by atoms with Crippen LogP contribution in [0.15, 0.2) is 30.6 Å². The Kier molecular flexibility index (Phi) is 4.10. The Labute approximate surface area is 107 Å². The maximum absolute atomic E-state index is 10.0. The second-order valence-corrected chi connectivity index (χ2v) is 4.65. The summed E-state index contributed by atoms with van der Waals surface area (Å²) in [5.41, 5.74) is 3.29.